The molecule has 0 spiro atoms. The van der Waals surface area contributed by atoms with Gasteiger partial charge in [-0.3, -0.25) is 4.79 Å². The first-order valence-electron chi connectivity index (χ1n) is 6.26. The fraction of sp³-hybridized carbons (Fsp3) is 0.533. The number of hydrogen-bond acceptors (Lipinski definition) is 4. The van der Waals surface area contributed by atoms with Crippen molar-refractivity contribution in [1.29, 1.82) is 0 Å². The summed E-state index contributed by atoms with van der Waals surface area (Å²) in [6.07, 6.45) is 0. The number of anilines is 1. The molecule has 0 N–H and O–H groups in total. The van der Waals surface area contributed by atoms with E-state index >= 15 is 0 Å². The molecule has 1 rings (SSSR count). The van der Waals surface area contributed by atoms with E-state index in [1.807, 2.05) is 50.9 Å². The number of esters is 1. The predicted molar refractivity (Wildman–Crippen MR) is 76.8 cm³/mol. The van der Waals surface area contributed by atoms with E-state index in [2.05, 4.69) is 0 Å². The molecule has 0 saturated carbocycles. The summed E-state index contributed by atoms with van der Waals surface area (Å²) in [5, 5.41) is 0. The number of ether oxygens (including phenoxy) is 2. The van der Waals surface area contributed by atoms with E-state index in [9.17, 15) is 4.79 Å². The van der Waals surface area contributed by atoms with Gasteiger partial charge in [0.2, 0.25) is 0 Å². The van der Waals surface area contributed by atoms with Crippen molar-refractivity contribution < 1.29 is 14.3 Å². The van der Waals surface area contributed by atoms with E-state index in [0.717, 1.165) is 17.0 Å². The lowest BCUT2D eigenvalue weighted by atomic mass is 9.93. The molecular formula is C15H23NO3. The molecule has 0 amide bonds. The van der Waals surface area contributed by atoms with Crippen LogP contribution in [0.2, 0.25) is 0 Å². The van der Waals surface area contributed by atoms with E-state index in [1.54, 1.807) is 7.11 Å². The Bertz CT molecular complexity index is 455. The first-order chi connectivity index (χ1) is 8.81. The minimum Gasteiger partial charge on any atom is -0.495 e. The third kappa shape index (κ3) is 3.63. The van der Waals surface area contributed by atoms with E-state index in [4.69, 9.17) is 9.47 Å². The lowest BCUT2D eigenvalue weighted by Gasteiger charge is -2.30. The van der Waals surface area contributed by atoms with Gasteiger partial charge in [-0.15, -0.1) is 0 Å². The maximum absolute atomic E-state index is 11.7. The molecule has 0 aromatic heterocycles. The van der Waals surface area contributed by atoms with Gasteiger partial charge in [0, 0.05) is 13.6 Å². The number of hydrogen-bond donors (Lipinski definition) is 0. The van der Waals surface area contributed by atoms with Crippen LogP contribution >= 0.6 is 0 Å². The second-order valence-electron chi connectivity index (χ2n) is 5.41. The third-order valence-corrected chi connectivity index (χ3v) is 3.12. The molecule has 0 heterocycles. The molecule has 0 bridgehead atoms. The zero-order valence-corrected chi connectivity index (χ0v) is 12.6. The zero-order valence-electron chi connectivity index (χ0n) is 12.6. The molecule has 0 unspecified atom stereocenters. The molecule has 4 nitrogen and oxygen atoms in total. The summed E-state index contributed by atoms with van der Waals surface area (Å²) in [4.78, 5) is 13.8. The second kappa shape index (κ2) is 5.95. The van der Waals surface area contributed by atoms with Crippen LogP contribution in [-0.2, 0) is 9.53 Å². The smallest absolute Gasteiger partial charge is 0.313 e. The molecule has 1 aromatic carbocycles. The molecule has 1 aromatic rings. The van der Waals surface area contributed by atoms with Crippen LogP contribution in [0.5, 0.6) is 5.75 Å². The molecule has 106 valence electrons. The van der Waals surface area contributed by atoms with Crippen molar-refractivity contribution in [2.45, 2.75) is 20.8 Å². The Balaban J connectivity index is 2.98. The maximum Gasteiger partial charge on any atom is 0.313 e. The van der Waals surface area contributed by atoms with Crippen molar-refractivity contribution >= 4 is 11.7 Å². The highest BCUT2D eigenvalue weighted by atomic mass is 16.5. The van der Waals surface area contributed by atoms with Gasteiger partial charge in [-0.2, -0.15) is 0 Å². The predicted octanol–water partition coefficient (Wildman–Crippen LogP) is 2.64. The molecule has 0 aliphatic rings. The number of rotatable bonds is 5. The van der Waals surface area contributed by atoms with Gasteiger partial charge in [0.1, 0.15) is 5.75 Å². The van der Waals surface area contributed by atoms with Crippen molar-refractivity contribution in [3.05, 3.63) is 23.8 Å². The molecule has 0 aliphatic carbocycles. The van der Waals surface area contributed by atoms with Crippen molar-refractivity contribution in [3.63, 3.8) is 0 Å². The lowest BCUT2D eigenvalue weighted by molar-refractivity contribution is -0.150. The minimum atomic E-state index is -0.571. The maximum atomic E-state index is 11.7. The number of benzene rings is 1. The highest BCUT2D eigenvalue weighted by molar-refractivity contribution is 5.77. The average Bonchev–Trinajstić information content (AvgIpc) is 2.37. The van der Waals surface area contributed by atoms with Crippen LogP contribution < -0.4 is 9.64 Å². The minimum absolute atomic E-state index is 0.217. The van der Waals surface area contributed by atoms with Gasteiger partial charge < -0.3 is 14.4 Å². The first-order valence-corrected chi connectivity index (χ1v) is 6.26. The molecule has 0 fully saturated rings. The monoisotopic (exact) mass is 265 g/mol. The number of nitrogens with zero attached hydrogens (tertiary/aromatic N) is 1. The summed E-state index contributed by atoms with van der Waals surface area (Å²) in [5.41, 5.74) is 1.55. The highest BCUT2D eigenvalue weighted by Crippen LogP contribution is 2.31. The molecule has 0 atom stereocenters. The van der Waals surface area contributed by atoms with E-state index in [1.165, 1.54) is 7.11 Å². The molecule has 0 radical (unpaired) electrons. The first kappa shape index (κ1) is 15.3. The summed E-state index contributed by atoms with van der Waals surface area (Å²) in [7, 11) is 5.01. The second-order valence-corrected chi connectivity index (χ2v) is 5.41. The third-order valence-electron chi connectivity index (χ3n) is 3.12. The fourth-order valence-corrected chi connectivity index (χ4v) is 2.12. The van der Waals surface area contributed by atoms with E-state index < -0.39 is 5.41 Å². The zero-order chi connectivity index (χ0) is 14.6. The van der Waals surface area contributed by atoms with Gasteiger partial charge in [0.15, 0.2) is 0 Å². The van der Waals surface area contributed by atoms with Crippen molar-refractivity contribution in [2.75, 3.05) is 32.7 Å². The Kier molecular flexibility index (Phi) is 4.81. The van der Waals surface area contributed by atoms with Gasteiger partial charge in [-0.05, 0) is 38.5 Å². The van der Waals surface area contributed by atoms with Crippen LogP contribution in [-0.4, -0.2) is 33.8 Å². The van der Waals surface area contributed by atoms with Crippen LogP contribution in [0.4, 0.5) is 5.69 Å². The van der Waals surface area contributed by atoms with Gasteiger partial charge in [0.25, 0.3) is 0 Å². The molecule has 0 saturated heterocycles. The normalized spacial score (nSPS) is 11.1. The quantitative estimate of drug-likeness (QED) is 0.767. The van der Waals surface area contributed by atoms with Gasteiger partial charge in [-0.25, -0.2) is 0 Å². The van der Waals surface area contributed by atoms with E-state index in [-0.39, 0.29) is 5.97 Å². The number of methoxy groups -OCH3 is 2. The molecule has 4 heteroatoms. The van der Waals surface area contributed by atoms with Crippen LogP contribution in [0.3, 0.4) is 0 Å². The summed E-state index contributed by atoms with van der Waals surface area (Å²) in [6.45, 7) is 6.33. The van der Waals surface area contributed by atoms with Crippen molar-refractivity contribution in [3.8, 4) is 5.75 Å². The molecular weight excluding hydrogens is 242 g/mol. The average molecular weight is 265 g/mol. The van der Waals surface area contributed by atoms with Crippen LogP contribution in [0.1, 0.15) is 19.4 Å². The van der Waals surface area contributed by atoms with Crippen molar-refractivity contribution in [2.24, 2.45) is 5.41 Å². The Morgan fingerprint density at radius 1 is 1.32 bits per heavy atom. The Labute approximate surface area is 115 Å². The molecule has 0 aliphatic heterocycles. The number of aryl methyl sites for hydroxylation is 1. The summed E-state index contributed by atoms with van der Waals surface area (Å²) in [5.74, 6) is 0.583. The summed E-state index contributed by atoms with van der Waals surface area (Å²) in [6, 6.07) is 5.99. The van der Waals surface area contributed by atoms with Crippen LogP contribution in [0, 0.1) is 12.3 Å². The van der Waals surface area contributed by atoms with Crippen LogP contribution in [0.25, 0.3) is 0 Å². The Morgan fingerprint density at radius 3 is 2.47 bits per heavy atom. The van der Waals surface area contributed by atoms with Gasteiger partial charge in [-0.1, -0.05) is 6.07 Å². The topological polar surface area (TPSA) is 38.8 Å². The SMILES string of the molecule is COC(=O)C(C)(C)CN(C)c1cc(C)ccc1OC. The van der Waals surface area contributed by atoms with Gasteiger partial charge >= 0.3 is 5.97 Å². The van der Waals surface area contributed by atoms with Crippen molar-refractivity contribution in [1.82, 2.24) is 0 Å². The summed E-state index contributed by atoms with van der Waals surface area (Å²) >= 11 is 0. The number of carbonyl (C=O) groups is 1. The van der Waals surface area contributed by atoms with E-state index in [0.29, 0.717) is 6.54 Å². The lowest BCUT2D eigenvalue weighted by Crippen LogP contribution is -2.38. The summed E-state index contributed by atoms with van der Waals surface area (Å²) < 4.78 is 10.2. The largest absolute Gasteiger partial charge is 0.495 e. The van der Waals surface area contributed by atoms with Crippen LogP contribution in [0.15, 0.2) is 18.2 Å². The highest BCUT2D eigenvalue weighted by Gasteiger charge is 2.30. The molecule has 19 heavy (non-hydrogen) atoms. The Hall–Kier alpha value is -1.71. The van der Waals surface area contributed by atoms with Gasteiger partial charge in [0.05, 0.1) is 25.3 Å². The Morgan fingerprint density at radius 2 is 1.95 bits per heavy atom. The fourth-order valence-electron chi connectivity index (χ4n) is 2.12. The standard InChI is InChI=1S/C15H23NO3/c1-11-7-8-13(18-5)12(9-11)16(4)10-15(2,3)14(17)19-6/h7-9H,10H2,1-6H3. The number of carbonyl (C=O) groups excluding carboxylic acids is 1.